The molecule has 0 aliphatic heterocycles. The molecule has 3 rings (SSSR count). The summed E-state index contributed by atoms with van der Waals surface area (Å²) in [5.74, 6) is 0.560. The van der Waals surface area contributed by atoms with Crippen molar-refractivity contribution in [3.63, 3.8) is 0 Å². The lowest BCUT2D eigenvalue weighted by Gasteiger charge is -2.04. The predicted octanol–water partition coefficient (Wildman–Crippen LogP) is 4.76. The van der Waals surface area contributed by atoms with Crippen LogP contribution in [0.2, 0.25) is 5.02 Å². The van der Waals surface area contributed by atoms with Gasteiger partial charge >= 0.3 is 0 Å². The summed E-state index contributed by atoms with van der Waals surface area (Å²) in [4.78, 5) is 13.0. The van der Waals surface area contributed by atoms with Crippen LogP contribution < -0.4 is 10.1 Å². The first-order valence-electron chi connectivity index (χ1n) is 7.86. The highest BCUT2D eigenvalue weighted by Crippen LogP contribution is 2.22. The Labute approximate surface area is 155 Å². The molecule has 2 heterocycles. The van der Waals surface area contributed by atoms with E-state index < -0.39 is 0 Å². The second-order valence-electron chi connectivity index (χ2n) is 5.50. The Bertz CT molecular complexity index is 888. The molecule has 0 atom stereocenters. The molecule has 0 saturated heterocycles. The molecule has 0 aliphatic carbocycles. The van der Waals surface area contributed by atoms with Gasteiger partial charge in [0, 0.05) is 23.3 Å². The van der Waals surface area contributed by atoms with Gasteiger partial charge in [-0.1, -0.05) is 17.7 Å². The number of aryl methyl sites for hydroxylation is 2. The van der Waals surface area contributed by atoms with E-state index in [1.807, 2.05) is 43.6 Å². The van der Waals surface area contributed by atoms with Crippen LogP contribution >= 0.6 is 22.9 Å². The van der Waals surface area contributed by atoms with Gasteiger partial charge in [-0.25, -0.2) is 0 Å². The third-order valence-corrected chi connectivity index (χ3v) is 4.81. The molecular formula is C18H18ClN3O2S. The van der Waals surface area contributed by atoms with E-state index in [0.717, 1.165) is 23.5 Å². The molecule has 0 bridgehead atoms. The van der Waals surface area contributed by atoms with Crippen molar-refractivity contribution in [1.29, 1.82) is 0 Å². The summed E-state index contributed by atoms with van der Waals surface area (Å²) in [5, 5.41) is 9.78. The van der Waals surface area contributed by atoms with Crippen molar-refractivity contribution in [2.45, 2.75) is 27.0 Å². The van der Waals surface area contributed by atoms with Crippen LogP contribution in [0.3, 0.4) is 0 Å². The van der Waals surface area contributed by atoms with Crippen LogP contribution in [0.4, 0.5) is 5.69 Å². The first-order chi connectivity index (χ1) is 12.0. The summed E-state index contributed by atoms with van der Waals surface area (Å²) < 4.78 is 7.49. The summed E-state index contributed by atoms with van der Waals surface area (Å²) in [5.41, 5.74) is 2.48. The second kappa shape index (κ2) is 7.72. The van der Waals surface area contributed by atoms with Crippen molar-refractivity contribution >= 4 is 34.5 Å². The molecule has 2 aromatic heterocycles. The third kappa shape index (κ3) is 4.41. The van der Waals surface area contributed by atoms with Crippen LogP contribution in [-0.4, -0.2) is 15.7 Å². The molecule has 5 nitrogen and oxygen atoms in total. The third-order valence-electron chi connectivity index (χ3n) is 3.60. The van der Waals surface area contributed by atoms with Crippen LogP contribution in [0, 0.1) is 6.92 Å². The maximum atomic E-state index is 12.4. The zero-order valence-electron chi connectivity index (χ0n) is 14.0. The molecule has 0 aliphatic rings. The molecule has 7 heteroatoms. The molecule has 1 amide bonds. The molecule has 0 unspecified atom stereocenters. The summed E-state index contributed by atoms with van der Waals surface area (Å²) in [7, 11) is 0. The number of nitrogens with zero attached hydrogens (tertiary/aromatic N) is 2. The highest BCUT2D eigenvalue weighted by atomic mass is 35.5. The molecule has 25 heavy (non-hydrogen) atoms. The molecule has 0 radical (unpaired) electrons. The number of hydrogen-bond donors (Lipinski definition) is 1. The van der Waals surface area contributed by atoms with Crippen molar-refractivity contribution in [2.24, 2.45) is 0 Å². The minimum absolute atomic E-state index is 0.141. The zero-order valence-corrected chi connectivity index (χ0v) is 15.5. The smallest absolute Gasteiger partial charge is 0.265 e. The molecule has 0 spiro atoms. The number of halogens is 1. The van der Waals surface area contributed by atoms with Gasteiger partial charge < -0.3 is 10.1 Å². The van der Waals surface area contributed by atoms with E-state index in [1.165, 1.54) is 11.3 Å². The number of hydrogen-bond acceptors (Lipinski definition) is 4. The average molecular weight is 376 g/mol. The number of nitrogens with one attached hydrogen (secondary N) is 1. The van der Waals surface area contributed by atoms with Crippen molar-refractivity contribution in [1.82, 2.24) is 9.78 Å². The Morgan fingerprint density at radius 2 is 2.24 bits per heavy atom. The van der Waals surface area contributed by atoms with Gasteiger partial charge in [0.25, 0.3) is 5.91 Å². The molecule has 3 aromatic rings. The first-order valence-corrected chi connectivity index (χ1v) is 9.12. The van der Waals surface area contributed by atoms with Crippen LogP contribution in [0.5, 0.6) is 5.75 Å². The van der Waals surface area contributed by atoms with Crippen LogP contribution in [0.1, 0.15) is 27.9 Å². The van der Waals surface area contributed by atoms with Crippen molar-refractivity contribution in [3.05, 3.63) is 63.1 Å². The molecule has 0 saturated carbocycles. The summed E-state index contributed by atoms with van der Waals surface area (Å²) in [6, 6.07) is 9.08. The van der Waals surface area contributed by atoms with E-state index >= 15 is 0 Å². The highest BCUT2D eigenvalue weighted by molar-refractivity contribution is 7.12. The van der Waals surface area contributed by atoms with E-state index in [0.29, 0.717) is 22.3 Å². The summed E-state index contributed by atoms with van der Waals surface area (Å²) in [6.45, 7) is 5.03. The highest BCUT2D eigenvalue weighted by Gasteiger charge is 2.13. The number of benzene rings is 1. The summed E-state index contributed by atoms with van der Waals surface area (Å²) >= 11 is 7.32. The Kier molecular flexibility index (Phi) is 5.40. The summed E-state index contributed by atoms with van der Waals surface area (Å²) in [6.07, 6.45) is 1.84. The van der Waals surface area contributed by atoms with E-state index in [4.69, 9.17) is 16.3 Å². The topological polar surface area (TPSA) is 56.2 Å². The normalized spacial score (nSPS) is 10.7. The van der Waals surface area contributed by atoms with Gasteiger partial charge in [0.1, 0.15) is 12.4 Å². The Hall–Kier alpha value is -2.31. The van der Waals surface area contributed by atoms with Gasteiger partial charge in [-0.3, -0.25) is 9.48 Å². The van der Waals surface area contributed by atoms with Crippen LogP contribution in [0.15, 0.2) is 41.9 Å². The maximum absolute atomic E-state index is 12.4. The number of ether oxygens (including phenoxy) is 1. The SMILES string of the molecule is CCn1cc(NC(=O)c2cc(COc3cccc(Cl)c3)cs2)c(C)n1. The average Bonchev–Trinajstić information content (AvgIpc) is 3.20. The standard InChI is InChI=1S/C18H18ClN3O2S/c1-3-22-9-16(12(2)21-22)20-18(23)17-7-13(11-25-17)10-24-15-6-4-5-14(19)8-15/h4-9,11H,3,10H2,1-2H3,(H,20,23). The monoisotopic (exact) mass is 375 g/mol. The predicted molar refractivity (Wildman–Crippen MR) is 101 cm³/mol. The lowest BCUT2D eigenvalue weighted by atomic mass is 10.3. The van der Waals surface area contributed by atoms with Crippen molar-refractivity contribution in [2.75, 3.05) is 5.32 Å². The Morgan fingerprint density at radius 1 is 1.40 bits per heavy atom. The fraction of sp³-hybridized carbons (Fsp3) is 0.222. The van der Waals surface area contributed by atoms with E-state index in [2.05, 4.69) is 10.4 Å². The largest absolute Gasteiger partial charge is 0.489 e. The van der Waals surface area contributed by atoms with E-state index in [1.54, 1.807) is 16.8 Å². The fourth-order valence-electron chi connectivity index (χ4n) is 2.28. The Morgan fingerprint density at radius 3 is 2.96 bits per heavy atom. The van der Waals surface area contributed by atoms with Gasteiger partial charge in [0.15, 0.2) is 0 Å². The maximum Gasteiger partial charge on any atom is 0.265 e. The fourth-order valence-corrected chi connectivity index (χ4v) is 3.25. The molecule has 1 N–H and O–H groups in total. The molecule has 1 aromatic carbocycles. The van der Waals surface area contributed by atoms with Crippen LogP contribution in [-0.2, 0) is 13.2 Å². The number of anilines is 1. The van der Waals surface area contributed by atoms with Gasteiger partial charge in [-0.05, 0) is 43.5 Å². The molecular weight excluding hydrogens is 358 g/mol. The number of thiophene rings is 1. The van der Waals surface area contributed by atoms with Gasteiger partial charge in [-0.2, -0.15) is 5.10 Å². The first kappa shape index (κ1) is 17.5. The van der Waals surface area contributed by atoms with Gasteiger partial charge in [-0.15, -0.1) is 11.3 Å². The van der Waals surface area contributed by atoms with Crippen molar-refractivity contribution in [3.8, 4) is 5.75 Å². The van der Waals surface area contributed by atoms with Crippen molar-refractivity contribution < 1.29 is 9.53 Å². The number of aromatic nitrogens is 2. The van der Waals surface area contributed by atoms with Crippen LogP contribution in [0.25, 0.3) is 0 Å². The quantitative estimate of drug-likeness (QED) is 0.675. The van der Waals surface area contributed by atoms with E-state index in [-0.39, 0.29) is 5.91 Å². The lowest BCUT2D eigenvalue weighted by molar-refractivity contribution is 0.103. The zero-order chi connectivity index (χ0) is 17.8. The second-order valence-corrected chi connectivity index (χ2v) is 6.85. The number of carbonyl (C=O) groups excluding carboxylic acids is 1. The molecule has 0 fully saturated rings. The lowest BCUT2D eigenvalue weighted by Crippen LogP contribution is -2.10. The molecule has 130 valence electrons. The van der Waals surface area contributed by atoms with Gasteiger partial charge in [0.05, 0.1) is 16.3 Å². The number of amides is 1. The van der Waals surface area contributed by atoms with E-state index in [9.17, 15) is 4.79 Å². The number of carbonyl (C=O) groups is 1. The Balaban J connectivity index is 1.62. The minimum atomic E-state index is -0.141. The number of rotatable bonds is 6. The minimum Gasteiger partial charge on any atom is -0.489 e. The van der Waals surface area contributed by atoms with Gasteiger partial charge in [0.2, 0.25) is 0 Å².